The zero-order chi connectivity index (χ0) is 8.93. The van der Waals surface area contributed by atoms with E-state index in [0.717, 1.165) is 0 Å². The largest absolute Gasteiger partial charge is 0.498 e. The van der Waals surface area contributed by atoms with Crippen LogP contribution in [-0.2, 0) is 9.53 Å². The summed E-state index contributed by atoms with van der Waals surface area (Å²) in [6, 6.07) is 0. The highest BCUT2D eigenvalue weighted by atomic mass is 16.5. The number of imide groups is 1. The van der Waals surface area contributed by atoms with E-state index in [0.29, 0.717) is 0 Å². The van der Waals surface area contributed by atoms with Crippen LogP contribution in [0, 0.1) is 0 Å². The lowest BCUT2D eigenvalue weighted by Gasteiger charge is -2.43. The minimum atomic E-state index is -1.46. The molecule has 2 heterocycles. The fourth-order valence-corrected chi connectivity index (χ4v) is 1.75. The molecule has 0 aromatic carbocycles. The number of carboxylic acid groups (broad SMARTS) is 1. The Morgan fingerprint density at radius 2 is 2.42 bits per heavy atom. The molecular weight excluding hydrogens is 164 g/mol. The standard InChI is InChI=1S/C6H8N2O4/c7-3-2-12-5-1-4(9)8(3,5)6(10)11/h3,5H,1-2,7H2. The molecule has 3 unspecified atom stereocenters. The quantitative estimate of drug-likeness (QED) is 0.328. The van der Waals surface area contributed by atoms with Crippen LogP contribution in [-0.4, -0.2) is 35.5 Å². The first-order valence-electron chi connectivity index (χ1n) is 3.60. The number of ether oxygens (including phenoxy) is 1. The lowest BCUT2D eigenvalue weighted by atomic mass is 10.1. The topological polar surface area (TPSA) is 92.5 Å². The van der Waals surface area contributed by atoms with Crippen LogP contribution >= 0.6 is 0 Å². The lowest BCUT2D eigenvalue weighted by Crippen LogP contribution is -2.77. The van der Waals surface area contributed by atoms with Gasteiger partial charge in [-0.05, 0) is 0 Å². The summed E-state index contributed by atoms with van der Waals surface area (Å²) in [5.41, 5.74) is 5.45. The third-order valence-electron chi connectivity index (χ3n) is 2.50. The van der Waals surface area contributed by atoms with Crippen molar-refractivity contribution in [3.63, 3.8) is 0 Å². The molecule has 12 heavy (non-hydrogen) atoms. The molecule has 66 valence electrons. The van der Waals surface area contributed by atoms with Gasteiger partial charge in [-0.3, -0.25) is 5.73 Å². The number of hydrogen-bond acceptors (Lipinski definition) is 5. The average Bonchev–Trinajstić information content (AvgIpc) is 2.21. The molecule has 0 bridgehead atoms. The van der Waals surface area contributed by atoms with Crippen molar-refractivity contribution in [3.8, 4) is 0 Å². The van der Waals surface area contributed by atoms with Gasteiger partial charge >= 0.3 is 5.91 Å². The van der Waals surface area contributed by atoms with Crippen LogP contribution < -0.4 is 10.8 Å². The summed E-state index contributed by atoms with van der Waals surface area (Å²) in [7, 11) is 0. The first-order valence-corrected chi connectivity index (χ1v) is 3.60. The molecule has 6 nitrogen and oxygen atoms in total. The molecular formula is C6H8N2O4. The van der Waals surface area contributed by atoms with Gasteiger partial charge in [0.15, 0.2) is 6.17 Å². The van der Waals surface area contributed by atoms with Crippen LogP contribution in [0.25, 0.3) is 0 Å². The summed E-state index contributed by atoms with van der Waals surface area (Å²) >= 11 is 0. The average molecular weight is 172 g/mol. The van der Waals surface area contributed by atoms with Crippen LogP contribution in [0.3, 0.4) is 0 Å². The fraction of sp³-hybridized carbons (Fsp3) is 0.667. The number of carbonyl (C=O) groups excluding carboxylic acids is 2. The summed E-state index contributed by atoms with van der Waals surface area (Å²) in [6.45, 7) is 0.102. The first kappa shape index (κ1) is 7.66. The van der Waals surface area contributed by atoms with E-state index < -0.39 is 28.9 Å². The highest BCUT2D eigenvalue weighted by Crippen LogP contribution is 2.37. The summed E-state index contributed by atoms with van der Waals surface area (Å²) in [5, 5.41) is 10.7. The highest BCUT2D eigenvalue weighted by Gasteiger charge is 2.66. The van der Waals surface area contributed by atoms with Crippen molar-refractivity contribution in [1.29, 1.82) is 0 Å². The lowest BCUT2D eigenvalue weighted by molar-refractivity contribution is -0.877. The third-order valence-corrected chi connectivity index (χ3v) is 2.50. The molecule has 2 aliphatic rings. The van der Waals surface area contributed by atoms with Gasteiger partial charge in [-0.15, -0.1) is 0 Å². The van der Waals surface area contributed by atoms with Crippen molar-refractivity contribution in [2.24, 2.45) is 5.73 Å². The van der Waals surface area contributed by atoms with E-state index >= 15 is 0 Å². The summed E-state index contributed by atoms with van der Waals surface area (Å²) < 4.78 is 4.17. The second-order valence-electron chi connectivity index (χ2n) is 3.00. The Bertz CT molecular complexity index is 248. The zero-order valence-corrected chi connectivity index (χ0v) is 6.23. The van der Waals surface area contributed by atoms with E-state index in [4.69, 9.17) is 10.5 Å². The van der Waals surface area contributed by atoms with Crippen molar-refractivity contribution in [2.45, 2.75) is 18.8 Å². The molecule has 6 heteroatoms. The minimum absolute atomic E-state index is 0.102. The van der Waals surface area contributed by atoms with Crippen molar-refractivity contribution >= 4 is 12.0 Å². The molecule has 0 saturated carbocycles. The second-order valence-corrected chi connectivity index (χ2v) is 3.00. The molecule has 2 amide bonds. The molecule has 3 atom stereocenters. The Morgan fingerprint density at radius 1 is 1.75 bits per heavy atom. The number of amides is 2. The molecule has 0 aliphatic carbocycles. The van der Waals surface area contributed by atoms with Crippen LogP contribution in [0.2, 0.25) is 0 Å². The number of quaternary nitrogens is 1. The SMILES string of the molecule is NC1COC2CC(=O)[N+]12C(=O)[O-]. The van der Waals surface area contributed by atoms with Crippen molar-refractivity contribution in [3.05, 3.63) is 0 Å². The molecule has 2 fully saturated rings. The molecule has 2 rings (SSSR count). The molecule has 2 saturated heterocycles. The number of rotatable bonds is 0. The van der Waals surface area contributed by atoms with Crippen LogP contribution in [0.1, 0.15) is 6.42 Å². The molecule has 0 aromatic rings. The van der Waals surface area contributed by atoms with E-state index in [1.165, 1.54) is 0 Å². The Labute approximate surface area is 68.1 Å². The number of β-lactam (4-membered cyclic amide) rings is 1. The predicted molar refractivity (Wildman–Crippen MR) is 33.0 cm³/mol. The monoisotopic (exact) mass is 172 g/mol. The predicted octanol–water partition coefficient (Wildman–Crippen LogP) is -2.28. The van der Waals surface area contributed by atoms with Gasteiger partial charge < -0.3 is 14.6 Å². The van der Waals surface area contributed by atoms with Crippen molar-refractivity contribution < 1.29 is 23.9 Å². The normalized spacial score (nSPS) is 45.2. The Balaban J connectivity index is 2.40. The van der Waals surface area contributed by atoms with Gasteiger partial charge in [0, 0.05) is 0 Å². The van der Waals surface area contributed by atoms with E-state index in [9.17, 15) is 14.7 Å². The molecule has 0 radical (unpaired) electrons. The van der Waals surface area contributed by atoms with Crippen LogP contribution in [0.5, 0.6) is 0 Å². The van der Waals surface area contributed by atoms with Gasteiger partial charge in [-0.1, -0.05) is 0 Å². The van der Waals surface area contributed by atoms with Gasteiger partial charge in [0.25, 0.3) is 6.09 Å². The van der Waals surface area contributed by atoms with E-state index in [1.54, 1.807) is 0 Å². The minimum Gasteiger partial charge on any atom is -0.498 e. The second kappa shape index (κ2) is 2.03. The Morgan fingerprint density at radius 3 is 2.75 bits per heavy atom. The first-order chi connectivity index (χ1) is 5.60. The summed E-state index contributed by atoms with van der Waals surface area (Å²) in [4.78, 5) is 21.8. The highest BCUT2D eigenvalue weighted by molar-refractivity contribution is 5.85. The maximum atomic E-state index is 11.1. The van der Waals surface area contributed by atoms with E-state index in [2.05, 4.69) is 0 Å². The molecule has 0 aromatic heterocycles. The number of carbonyl (C=O) groups is 2. The van der Waals surface area contributed by atoms with Gasteiger partial charge in [-0.2, -0.15) is 4.48 Å². The van der Waals surface area contributed by atoms with Crippen LogP contribution in [0.15, 0.2) is 0 Å². The number of hydrogen-bond donors (Lipinski definition) is 1. The van der Waals surface area contributed by atoms with Crippen LogP contribution in [0.4, 0.5) is 4.79 Å². The summed E-state index contributed by atoms with van der Waals surface area (Å²) in [5.74, 6) is -0.426. The van der Waals surface area contributed by atoms with Gasteiger partial charge in [0.05, 0.1) is 0 Å². The Hall–Kier alpha value is -0.980. The van der Waals surface area contributed by atoms with E-state index in [-0.39, 0.29) is 13.0 Å². The molecule has 2 N–H and O–H groups in total. The molecule has 2 aliphatic heterocycles. The van der Waals surface area contributed by atoms with Crippen molar-refractivity contribution in [2.75, 3.05) is 6.61 Å². The van der Waals surface area contributed by atoms with E-state index in [1.807, 2.05) is 0 Å². The fourth-order valence-electron chi connectivity index (χ4n) is 1.75. The van der Waals surface area contributed by atoms with Gasteiger partial charge in [0.1, 0.15) is 13.0 Å². The van der Waals surface area contributed by atoms with Crippen molar-refractivity contribution in [1.82, 2.24) is 0 Å². The zero-order valence-electron chi connectivity index (χ0n) is 6.23. The van der Waals surface area contributed by atoms with Gasteiger partial charge in [-0.25, -0.2) is 4.79 Å². The number of nitrogens with two attached hydrogens (primary N) is 1. The smallest absolute Gasteiger partial charge is 0.332 e. The molecule has 0 spiro atoms. The Kier molecular flexibility index (Phi) is 1.30. The third kappa shape index (κ3) is 0.566. The van der Waals surface area contributed by atoms with Gasteiger partial charge in [0.2, 0.25) is 6.23 Å². The maximum Gasteiger partial charge on any atom is 0.332 e. The number of fused-ring (bicyclic) bond motifs is 1. The number of nitrogens with zero attached hydrogens (tertiary/aromatic N) is 1. The summed E-state index contributed by atoms with van der Waals surface area (Å²) in [6.07, 6.45) is -2.75. The maximum absolute atomic E-state index is 11.1.